The van der Waals surface area contributed by atoms with Crippen LogP contribution in [0.2, 0.25) is 0 Å². The van der Waals surface area contributed by atoms with E-state index in [1.54, 1.807) is 23.6 Å². The van der Waals surface area contributed by atoms with Crippen molar-refractivity contribution >= 4 is 35.8 Å². The third kappa shape index (κ3) is 6.97. The fourth-order valence-electron chi connectivity index (χ4n) is 2.88. The van der Waals surface area contributed by atoms with Gasteiger partial charge >= 0.3 is 0 Å². The second kappa shape index (κ2) is 11.9. The number of aliphatic imine (C=N–C) groups is 1. The van der Waals surface area contributed by atoms with Crippen molar-refractivity contribution in [3.05, 3.63) is 34.7 Å². The Labute approximate surface area is 172 Å². The first kappa shape index (κ1) is 22.5. The van der Waals surface area contributed by atoms with Gasteiger partial charge in [0.15, 0.2) is 5.96 Å². The summed E-state index contributed by atoms with van der Waals surface area (Å²) in [6.45, 7) is 9.07. The molecule has 0 atom stereocenters. The lowest BCUT2D eigenvalue weighted by atomic mass is 10.3. The molecule has 8 heteroatoms. The van der Waals surface area contributed by atoms with Gasteiger partial charge in [-0.05, 0) is 25.8 Å². The number of nitrogens with zero attached hydrogens (tertiary/aromatic N) is 4. The van der Waals surface area contributed by atoms with Crippen LogP contribution >= 0.6 is 24.0 Å². The Kier molecular flexibility index (Phi) is 10.3. The summed E-state index contributed by atoms with van der Waals surface area (Å²) >= 11 is 0. The first-order chi connectivity index (χ1) is 12.1. The van der Waals surface area contributed by atoms with Crippen LogP contribution < -0.4 is 10.9 Å². The maximum atomic E-state index is 11.6. The smallest absolute Gasteiger partial charge is 0.250 e. The van der Waals surface area contributed by atoms with E-state index in [1.807, 2.05) is 17.2 Å². The summed E-state index contributed by atoms with van der Waals surface area (Å²) in [4.78, 5) is 31.9. The van der Waals surface area contributed by atoms with Gasteiger partial charge in [-0.3, -0.25) is 14.6 Å². The fraction of sp³-hybridized carbons (Fsp3) is 0.611. The lowest BCUT2D eigenvalue weighted by molar-refractivity contribution is -0.130. The van der Waals surface area contributed by atoms with Crippen LogP contribution in [-0.2, 0) is 11.3 Å². The lowest BCUT2D eigenvalue weighted by Gasteiger charge is -2.36. The second-order valence-corrected chi connectivity index (χ2v) is 6.17. The lowest BCUT2D eigenvalue weighted by Crippen LogP contribution is -2.53. The van der Waals surface area contributed by atoms with E-state index in [-0.39, 0.29) is 35.4 Å². The Balaban J connectivity index is 0.00000338. The van der Waals surface area contributed by atoms with Gasteiger partial charge in [0.2, 0.25) is 11.5 Å². The first-order valence-electron chi connectivity index (χ1n) is 9.06. The largest absolute Gasteiger partial charge is 0.357 e. The van der Waals surface area contributed by atoms with Crippen molar-refractivity contribution in [2.45, 2.75) is 33.2 Å². The van der Waals surface area contributed by atoms with Gasteiger partial charge in [-0.15, -0.1) is 24.0 Å². The summed E-state index contributed by atoms with van der Waals surface area (Å²) in [5.74, 6) is 1.06. The molecule has 146 valence electrons. The number of hydrogen-bond donors (Lipinski definition) is 1. The maximum Gasteiger partial charge on any atom is 0.250 e. The molecule has 1 fully saturated rings. The van der Waals surface area contributed by atoms with E-state index in [9.17, 15) is 9.59 Å². The van der Waals surface area contributed by atoms with Crippen molar-refractivity contribution in [2.75, 3.05) is 39.3 Å². The highest BCUT2D eigenvalue weighted by Gasteiger charge is 2.20. The number of carbonyl (C=O) groups excluding carboxylic acids is 1. The molecular formula is C18H30IN5O2. The van der Waals surface area contributed by atoms with E-state index in [0.29, 0.717) is 0 Å². The molecule has 0 spiro atoms. The quantitative estimate of drug-likeness (QED) is 0.292. The van der Waals surface area contributed by atoms with E-state index < -0.39 is 0 Å². The summed E-state index contributed by atoms with van der Waals surface area (Å²) in [6.07, 6.45) is 3.68. The van der Waals surface area contributed by atoms with Crippen LogP contribution in [-0.4, -0.2) is 65.5 Å². The van der Waals surface area contributed by atoms with Crippen molar-refractivity contribution in [3.8, 4) is 0 Å². The molecule has 1 N–H and O–H groups in total. The molecule has 0 aromatic carbocycles. The molecule has 1 aliphatic heterocycles. The summed E-state index contributed by atoms with van der Waals surface area (Å²) in [5.41, 5.74) is 0.0442. The number of unbranched alkanes of at least 4 members (excludes halogenated alkanes) is 1. The van der Waals surface area contributed by atoms with Crippen LogP contribution in [0.25, 0.3) is 0 Å². The number of halogens is 1. The summed E-state index contributed by atoms with van der Waals surface area (Å²) in [6, 6.07) is 5.23. The van der Waals surface area contributed by atoms with Gasteiger partial charge in [0.25, 0.3) is 0 Å². The Morgan fingerprint density at radius 2 is 1.85 bits per heavy atom. The van der Waals surface area contributed by atoms with Gasteiger partial charge < -0.3 is 19.7 Å². The van der Waals surface area contributed by atoms with Gasteiger partial charge in [-0.1, -0.05) is 6.07 Å². The van der Waals surface area contributed by atoms with Crippen molar-refractivity contribution in [3.63, 3.8) is 0 Å². The van der Waals surface area contributed by atoms with Crippen LogP contribution in [0, 0.1) is 0 Å². The molecule has 7 nitrogen and oxygen atoms in total. The zero-order valence-electron chi connectivity index (χ0n) is 15.7. The Hall–Kier alpha value is -1.58. The normalized spacial score (nSPS) is 14.8. The Bertz CT molecular complexity index is 638. The number of hydrogen-bond acceptors (Lipinski definition) is 3. The third-order valence-electron chi connectivity index (χ3n) is 4.33. The van der Waals surface area contributed by atoms with E-state index in [1.165, 1.54) is 0 Å². The molecule has 0 unspecified atom stereocenters. The van der Waals surface area contributed by atoms with Crippen molar-refractivity contribution in [1.82, 2.24) is 19.7 Å². The Morgan fingerprint density at radius 1 is 1.15 bits per heavy atom. The number of rotatable bonds is 6. The van der Waals surface area contributed by atoms with Crippen molar-refractivity contribution in [1.29, 1.82) is 0 Å². The summed E-state index contributed by atoms with van der Waals surface area (Å²) < 4.78 is 1.73. The molecule has 1 saturated heterocycles. The first-order valence-corrected chi connectivity index (χ1v) is 9.06. The standard InChI is InChI=1S/C18H29N5O2.HI/c1-3-19-18(23-14-12-21(13-15-23)16(2)24)20-9-5-7-11-22-10-6-4-8-17(22)25;/h4,6,8,10H,3,5,7,9,11-15H2,1-2H3,(H,19,20);1H. The summed E-state index contributed by atoms with van der Waals surface area (Å²) in [5, 5.41) is 3.33. The monoisotopic (exact) mass is 475 g/mol. The minimum atomic E-state index is 0. The van der Waals surface area contributed by atoms with Gasteiger partial charge in [-0.2, -0.15) is 0 Å². The maximum absolute atomic E-state index is 11.6. The third-order valence-corrected chi connectivity index (χ3v) is 4.33. The molecule has 0 aliphatic carbocycles. The number of nitrogens with one attached hydrogen (secondary N) is 1. The molecule has 1 aromatic heterocycles. The molecule has 1 amide bonds. The van der Waals surface area contributed by atoms with Crippen molar-refractivity contribution in [2.24, 2.45) is 4.99 Å². The van der Waals surface area contributed by atoms with Crippen LogP contribution in [0.5, 0.6) is 0 Å². The van der Waals surface area contributed by atoms with Crippen LogP contribution in [0.4, 0.5) is 0 Å². The molecular weight excluding hydrogens is 445 g/mol. The fourth-order valence-corrected chi connectivity index (χ4v) is 2.88. The minimum Gasteiger partial charge on any atom is -0.357 e. The Morgan fingerprint density at radius 3 is 2.46 bits per heavy atom. The van der Waals surface area contributed by atoms with Gasteiger partial charge in [0.1, 0.15) is 0 Å². The highest BCUT2D eigenvalue weighted by Crippen LogP contribution is 2.03. The minimum absolute atomic E-state index is 0. The number of carbonyl (C=O) groups is 1. The van der Waals surface area contributed by atoms with E-state index in [0.717, 1.165) is 64.6 Å². The van der Waals surface area contributed by atoms with E-state index >= 15 is 0 Å². The number of amides is 1. The van der Waals surface area contributed by atoms with Gasteiger partial charge in [0, 0.05) is 65.0 Å². The van der Waals surface area contributed by atoms with E-state index in [4.69, 9.17) is 4.99 Å². The number of guanidine groups is 1. The number of aryl methyl sites for hydroxylation is 1. The van der Waals surface area contributed by atoms with Gasteiger partial charge in [0.05, 0.1) is 0 Å². The predicted octanol–water partition coefficient (Wildman–Crippen LogP) is 1.38. The molecule has 1 aliphatic rings. The highest BCUT2D eigenvalue weighted by atomic mass is 127. The average molecular weight is 475 g/mol. The number of piperazine rings is 1. The van der Waals surface area contributed by atoms with Crippen LogP contribution in [0.15, 0.2) is 34.2 Å². The molecule has 0 saturated carbocycles. The number of pyridine rings is 1. The molecule has 2 rings (SSSR count). The topological polar surface area (TPSA) is 69.9 Å². The molecule has 1 aromatic rings. The zero-order valence-corrected chi connectivity index (χ0v) is 18.0. The van der Waals surface area contributed by atoms with Crippen LogP contribution in [0.3, 0.4) is 0 Å². The average Bonchev–Trinajstić information content (AvgIpc) is 2.62. The molecule has 0 radical (unpaired) electrons. The predicted molar refractivity (Wildman–Crippen MR) is 115 cm³/mol. The van der Waals surface area contributed by atoms with Gasteiger partial charge in [-0.25, -0.2) is 0 Å². The zero-order chi connectivity index (χ0) is 18.1. The van der Waals surface area contributed by atoms with E-state index in [2.05, 4.69) is 17.1 Å². The summed E-state index contributed by atoms with van der Waals surface area (Å²) in [7, 11) is 0. The highest BCUT2D eigenvalue weighted by molar-refractivity contribution is 14.0. The molecule has 2 heterocycles. The van der Waals surface area contributed by atoms with Crippen molar-refractivity contribution < 1.29 is 4.79 Å². The molecule has 26 heavy (non-hydrogen) atoms. The molecule has 0 bridgehead atoms. The SMILES string of the molecule is CCNC(=NCCCCn1ccccc1=O)N1CCN(C(C)=O)CC1.I. The van der Waals surface area contributed by atoms with Crippen LogP contribution in [0.1, 0.15) is 26.7 Å². The number of aromatic nitrogens is 1. The second-order valence-electron chi connectivity index (χ2n) is 6.17.